The Balaban J connectivity index is 1.98. The number of methoxy groups -OCH3 is 1. The molecule has 114 valence electrons. The van der Waals surface area contributed by atoms with Crippen LogP contribution in [0.5, 0.6) is 11.5 Å². The number of fused-ring (bicyclic) bond motifs is 1. The highest BCUT2D eigenvalue weighted by atomic mass is 32.2. The molecule has 2 aromatic heterocycles. The van der Waals surface area contributed by atoms with Gasteiger partial charge in [-0.15, -0.1) is 0 Å². The number of benzene rings is 1. The number of hydrogen-bond acceptors (Lipinski definition) is 7. The average molecular weight is 320 g/mol. The van der Waals surface area contributed by atoms with E-state index in [1.54, 1.807) is 19.1 Å². The summed E-state index contributed by atoms with van der Waals surface area (Å²) < 4.78 is 39.7. The van der Waals surface area contributed by atoms with Crippen molar-refractivity contribution in [1.82, 2.24) is 10.1 Å². The highest BCUT2D eigenvalue weighted by Gasteiger charge is 2.20. The van der Waals surface area contributed by atoms with Crippen LogP contribution in [0.2, 0.25) is 0 Å². The summed E-state index contributed by atoms with van der Waals surface area (Å²) in [5.74, 6) is 0.651. The van der Waals surface area contributed by atoms with E-state index in [-0.39, 0.29) is 16.4 Å². The number of pyridine rings is 1. The van der Waals surface area contributed by atoms with Crippen molar-refractivity contribution >= 4 is 21.2 Å². The fourth-order valence-electron chi connectivity index (χ4n) is 1.89. The van der Waals surface area contributed by atoms with Gasteiger partial charge in [0.25, 0.3) is 5.71 Å². The van der Waals surface area contributed by atoms with Crippen molar-refractivity contribution in [3.63, 3.8) is 0 Å². The van der Waals surface area contributed by atoms with Gasteiger partial charge in [0.2, 0.25) is 0 Å². The Hall–Kier alpha value is -2.61. The molecule has 3 rings (SSSR count). The van der Waals surface area contributed by atoms with Crippen molar-refractivity contribution in [2.45, 2.75) is 11.8 Å². The molecular weight excluding hydrogens is 308 g/mol. The summed E-state index contributed by atoms with van der Waals surface area (Å²) in [5, 5.41) is 4.26. The van der Waals surface area contributed by atoms with Gasteiger partial charge in [0.1, 0.15) is 16.4 Å². The fourth-order valence-corrected chi connectivity index (χ4v) is 2.79. The summed E-state index contributed by atoms with van der Waals surface area (Å²) in [6.45, 7) is 1.70. The first-order valence-corrected chi connectivity index (χ1v) is 7.71. The second-order valence-corrected chi connectivity index (χ2v) is 6.05. The molecule has 0 atom stereocenters. The molecule has 0 radical (unpaired) electrons. The summed E-state index contributed by atoms with van der Waals surface area (Å²) in [5.41, 5.74) is 0.832. The van der Waals surface area contributed by atoms with E-state index in [1.165, 1.54) is 31.5 Å². The molecule has 0 amide bonds. The second-order valence-electron chi connectivity index (χ2n) is 4.51. The molecular formula is C14H12N2O5S. The molecule has 22 heavy (non-hydrogen) atoms. The molecule has 0 saturated heterocycles. The minimum Gasteiger partial charge on any atom is -0.497 e. The molecule has 0 saturated carbocycles. The van der Waals surface area contributed by atoms with Gasteiger partial charge in [0, 0.05) is 6.07 Å². The lowest BCUT2D eigenvalue weighted by Gasteiger charge is -2.07. The van der Waals surface area contributed by atoms with Gasteiger partial charge < -0.3 is 13.4 Å². The molecule has 0 bridgehead atoms. The molecule has 8 heteroatoms. The van der Waals surface area contributed by atoms with Crippen molar-refractivity contribution in [3.05, 3.63) is 42.2 Å². The van der Waals surface area contributed by atoms with Crippen LogP contribution in [0.3, 0.4) is 0 Å². The van der Waals surface area contributed by atoms with Crippen LogP contribution in [0, 0.1) is 6.92 Å². The maximum Gasteiger partial charge on any atom is 0.340 e. The first-order chi connectivity index (χ1) is 10.5. The number of hydrogen-bond donors (Lipinski definition) is 0. The molecule has 0 aliphatic rings. The molecule has 2 heterocycles. The van der Waals surface area contributed by atoms with Gasteiger partial charge in [-0.05, 0) is 25.1 Å². The predicted octanol–water partition coefficient (Wildman–Crippen LogP) is 2.31. The van der Waals surface area contributed by atoms with Gasteiger partial charge in [0.05, 0.1) is 24.4 Å². The number of ether oxygens (including phenoxy) is 1. The summed E-state index contributed by atoms with van der Waals surface area (Å²) in [6, 6.07) is 7.75. The second kappa shape index (κ2) is 5.30. The third-order valence-electron chi connectivity index (χ3n) is 3.02. The zero-order valence-electron chi connectivity index (χ0n) is 11.8. The summed E-state index contributed by atoms with van der Waals surface area (Å²) >= 11 is 0. The van der Waals surface area contributed by atoms with E-state index in [4.69, 9.17) is 13.4 Å². The highest BCUT2D eigenvalue weighted by molar-refractivity contribution is 7.87. The quantitative estimate of drug-likeness (QED) is 0.681. The van der Waals surface area contributed by atoms with Gasteiger partial charge >= 0.3 is 10.1 Å². The van der Waals surface area contributed by atoms with Crippen molar-refractivity contribution < 1.29 is 21.9 Å². The SMILES string of the molecule is COc1cccc(OS(=O)(=O)c2cnc3onc(C)c3c2)c1. The average Bonchev–Trinajstić information content (AvgIpc) is 2.88. The van der Waals surface area contributed by atoms with Crippen molar-refractivity contribution in [2.75, 3.05) is 7.11 Å². The monoisotopic (exact) mass is 320 g/mol. The van der Waals surface area contributed by atoms with Crippen LogP contribution in [-0.2, 0) is 10.1 Å². The maximum atomic E-state index is 12.3. The van der Waals surface area contributed by atoms with E-state index in [0.717, 1.165) is 0 Å². The van der Waals surface area contributed by atoms with E-state index in [9.17, 15) is 8.42 Å². The largest absolute Gasteiger partial charge is 0.497 e. The Morgan fingerprint density at radius 2 is 1.95 bits per heavy atom. The molecule has 0 unspecified atom stereocenters. The normalized spacial score (nSPS) is 11.5. The molecule has 7 nitrogen and oxygen atoms in total. The zero-order chi connectivity index (χ0) is 15.7. The summed E-state index contributed by atoms with van der Waals surface area (Å²) in [4.78, 5) is 3.86. The third-order valence-corrected chi connectivity index (χ3v) is 4.23. The van der Waals surface area contributed by atoms with Gasteiger partial charge in [-0.3, -0.25) is 0 Å². The van der Waals surface area contributed by atoms with Gasteiger partial charge in [0.15, 0.2) is 0 Å². The highest BCUT2D eigenvalue weighted by Crippen LogP contribution is 2.25. The number of aromatic nitrogens is 2. The lowest BCUT2D eigenvalue weighted by Crippen LogP contribution is -2.10. The molecule has 0 aliphatic carbocycles. The van der Waals surface area contributed by atoms with Crippen molar-refractivity contribution in [2.24, 2.45) is 0 Å². The topological polar surface area (TPSA) is 91.5 Å². The Labute approximate surface area is 126 Å². The number of aryl methyl sites for hydroxylation is 1. The van der Waals surface area contributed by atoms with Crippen molar-refractivity contribution in [1.29, 1.82) is 0 Å². The fraction of sp³-hybridized carbons (Fsp3) is 0.143. The van der Waals surface area contributed by atoms with Gasteiger partial charge in [-0.2, -0.15) is 8.42 Å². The number of rotatable bonds is 4. The first kappa shape index (κ1) is 14.3. The van der Waals surface area contributed by atoms with E-state index in [1.807, 2.05) is 0 Å². The lowest BCUT2D eigenvalue weighted by atomic mass is 10.3. The molecule has 0 fully saturated rings. The standard InChI is InChI=1S/C14H12N2O5S/c1-9-13-7-12(8-15-14(13)20-16-9)22(17,18)21-11-5-3-4-10(6-11)19-2/h3-8H,1-2H3. The Bertz CT molecular complexity index is 933. The summed E-state index contributed by atoms with van der Waals surface area (Å²) in [7, 11) is -2.53. The number of nitrogens with zero attached hydrogens (tertiary/aromatic N) is 2. The third kappa shape index (κ3) is 2.60. The van der Waals surface area contributed by atoms with Crippen LogP contribution in [0.25, 0.3) is 11.1 Å². The maximum absolute atomic E-state index is 12.3. The lowest BCUT2D eigenvalue weighted by molar-refractivity contribution is 0.411. The molecule has 0 spiro atoms. The van der Waals surface area contributed by atoms with Crippen molar-refractivity contribution in [3.8, 4) is 11.5 Å². The van der Waals surface area contributed by atoms with Gasteiger partial charge in [-0.25, -0.2) is 4.98 Å². The molecule has 3 aromatic rings. The van der Waals surface area contributed by atoms with Crippen LogP contribution < -0.4 is 8.92 Å². The van der Waals surface area contributed by atoms with Crippen LogP contribution in [0.15, 0.2) is 45.9 Å². The molecule has 0 aliphatic heterocycles. The van der Waals surface area contributed by atoms with E-state index in [0.29, 0.717) is 16.8 Å². The van der Waals surface area contributed by atoms with E-state index < -0.39 is 10.1 Å². The summed E-state index contributed by atoms with van der Waals surface area (Å²) in [6.07, 6.45) is 1.17. The first-order valence-electron chi connectivity index (χ1n) is 6.30. The zero-order valence-corrected chi connectivity index (χ0v) is 12.6. The van der Waals surface area contributed by atoms with E-state index >= 15 is 0 Å². The van der Waals surface area contributed by atoms with E-state index in [2.05, 4.69) is 10.1 Å². The van der Waals surface area contributed by atoms with Crippen LogP contribution in [0.4, 0.5) is 0 Å². The Kier molecular flexibility index (Phi) is 3.45. The minimum atomic E-state index is -4.01. The van der Waals surface area contributed by atoms with Crippen LogP contribution >= 0.6 is 0 Å². The molecule has 0 N–H and O–H groups in total. The predicted molar refractivity (Wildman–Crippen MR) is 77.3 cm³/mol. The minimum absolute atomic E-state index is 0.0749. The smallest absolute Gasteiger partial charge is 0.340 e. The van der Waals surface area contributed by atoms with Crippen LogP contribution in [-0.4, -0.2) is 25.7 Å². The Morgan fingerprint density at radius 1 is 1.18 bits per heavy atom. The Morgan fingerprint density at radius 3 is 2.73 bits per heavy atom. The molecule has 1 aromatic carbocycles. The van der Waals surface area contributed by atoms with Gasteiger partial charge in [-0.1, -0.05) is 11.2 Å². The van der Waals surface area contributed by atoms with Crippen LogP contribution in [0.1, 0.15) is 5.69 Å².